The van der Waals surface area contributed by atoms with Gasteiger partial charge in [0.25, 0.3) is 0 Å². The van der Waals surface area contributed by atoms with Gasteiger partial charge in [0.05, 0.1) is 6.54 Å². The summed E-state index contributed by atoms with van der Waals surface area (Å²) < 4.78 is 13.1. The van der Waals surface area contributed by atoms with Crippen molar-refractivity contribution >= 4 is 22.7 Å². The van der Waals surface area contributed by atoms with Crippen LogP contribution in [-0.4, -0.2) is 23.3 Å². The van der Waals surface area contributed by atoms with E-state index < -0.39 is 0 Å². The summed E-state index contributed by atoms with van der Waals surface area (Å²) in [6.07, 6.45) is 0. The van der Waals surface area contributed by atoms with E-state index in [9.17, 15) is 14.0 Å². The second-order valence-electron chi connectivity index (χ2n) is 6.20. The molecule has 0 radical (unpaired) electrons. The zero-order valence-corrected chi connectivity index (χ0v) is 14.7. The number of rotatable bonds is 5. The normalized spacial score (nSPS) is 10.7. The fourth-order valence-electron chi connectivity index (χ4n) is 2.86. The van der Waals surface area contributed by atoms with Gasteiger partial charge in [-0.2, -0.15) is 0 Å². The van der Waals surface area contributed by atoms with Crippen molar-refractivity contribution in [1.29, 1.82) is 0 Å². The molecule has 0 aliphatic rings. The van der Waals surface area contributed by atoms with Gasteiger partial charge < -0.3 is 15.6 Å². The summed E-state index contributed by atoms with van der Waals surface area (Å²) in [5, 5.41) is 6.29. The van der Waals surface area contributed by atoms with Crippen LogP contribution in [0, 0.1) is 12.7 Å². The molecule has 0 atom stereocenters. The van der Waals surface area contributed by atoms with Gasteiger partial charge in [-0.1, -0.05) is 6.07 Å². The molecule has 0 aliphatic carbocycles. The highest BCUT2D eigenvalue weighted by molar-refractivity contribution is 5.91. The number of fused-ring (bicyclic) bond motifs is 1. The fraction of sp³-hybridized carbons (Fsp3) is 0.200. The molecule has 3 rings (SSSR count). The first-order valence-corrected chi connectivity index (χ1v) is 8.32. The van der Waals surface area contributed by atoms with E-state index in [-0.39, 0.29) is 24.2 Å². The first kappa shape index (κ1) is 17.7. The Morgan fingerprint density at radius 3 is 2.50 bits per heavy atom. The number of aryl methyl sites for hydroxylation is 1. The van der Waals surface area contributed by atoms with Crippen molar-refractivity contribution in [2.24, 2.45) is 0 Å². The number of amides is 2. The van der Waals surface area contributed by atoms with Crippen LogP contribution in [0.1, 0.15) is 18.1 Å². The van der Waals surface area contributed by atoms with Gasteiger partial charge in [-0.15, -0.1) is 0 Å². The number of carbonyl (C=O) groups is 2. The Bertz CT molecular complexity index is 961. The molecule has 3 aromatic rings. The fourth-order valence-corrected chi connectivity index (χ4v) is 2.86. The summed E-state index contributed by atoms with van der Waals surface area (Å²) in [5.41, 5.74) is 4.88. The number of hydrogen-bond donors (Lipinski definition) is 3. The van der Waals surface area contributed by atoms with E-state index >= 15 is 0 Å². The SMILES string of the molecule is CC(=O)NCC(=O)NCc1ccc2[nH]c(-c3ccc(F)cc3)c(C)c2c1. The van der Waals surface area contributed by atoms with Crippen LogP contribution in [0.5, 0.6) is 0 Å². The molecule has 0 aliphatic heterocycles. The van der Waals surface area contributed by atoms with Gasteiger partial charge in [-0.05, 0) is 60.0 Å². The van der Waals surface area contributed by atoms with Gasteiger partial charge in [-0.25, -0.2) is 4.39 Å². The number of carbonyl (C=O) groups excluding carboxylic acids is 2. The van der Waals surface area contributed by atoms with Crippen LogP contribution in [0.25, 0.3) is 22.2 Å². The van der Waals surface area contributed by atoms with Gasteiger partial charge >= 0.3 is 0 Å². The third-order valence-corrected chi connectivity index (χ3v) is 4.24. The highest BCUT2D eigenvalue weighted by atomic mass is 19.1. The lowest BCUT2D eigenvalue weighted by Crippen LogP contribution is -2.35. The lowest BCUT2D eigenvalue weighted by molar-refractivity contribution is -0.125. The van der Waals surface area contributed by atoms with Crippen molar-refractivity contribution in [3.05, 3.63) is 59.4 Å². The Hall–Kier alpha value is -3.15. The average molecular weight is 353 g/mol. The zero-order chi connectivity index (χ0) is 18.7. The minimum Gasteiger partial charge on any atom is -0.354 e. The van der Waals surface area contributed by atoms with E-state index in [1.807, 2.05) is 25.1 Å². The van der Waals surface area contributed by atoms with Crippen molar-refractivity contribution in [2.45, 2.75) is 20.4 Å². The quantitative estimate of drug-likeness (QED) is 0.660. The standard InChI is InChI=1S/C20H20FN3O2/c1-12-17-9-14(10-23-19(26)11-22-13(2)25)3-8-18(17)24-20(12)15-4-6-16(21)7-5-15/h3-9,24H,10-11H2,1-2H3,(H,22,25)(H,23,26). The predicted molar refractivity (Wildman–Crippen MR) is 99.0 cm³/mol. The van der Waals surface area contributed by atoms with Gasteiger partial charge in [0, 0.05) is 30.1 Å². The van der Waals surface area contributed by atoms with Gasteiger partial charge in [0.2, 0.25) is 11.8 Å². The highest BCUT2D eigenvalue weighted by Crippen LogP contribution is 2.30. The number of aromatic nitrogens is 1. The monoisotopic (exact) mass is 353 g/mol. The maximum Gasteiger partial charge on any atom is 0.239 e. The Labute approximate surface area is 150 Å². The van der Waals surface area contributed by atoms with Crippen LogP contribution < -0.4 is 10.6 Å². The molecular weight excluding hydrogens is 333 g/mol. The number of nitrogens with one attached hydrogen (secondary N) is 3. The zero-order valence-electron chi connectivity index (χ0n) is 14.7. The van der Waals surface area contributed by atoms with Crippen LogP contribution >= 0.6 is 0 Å². The van der Waals surface area contributed by atoms with E-state index in [4.69, 9.17) is 0 Å². The summed E-state index contributed by atoms with van der Waals surface area (Å²) in [6, 6.07) is 12.3. The van der Waals surface area contributed by atoms with Crippen LogP contribution in [0.3, 0.4) is 0 Å². The summed E-state index contributed by atoms with van der Waals surface area (Å²) in [7, 11) is 0. The molecule has 3 N–H and O–H groups in total. The van der Waals surface area contributed by atoms with Crippen LogP contribution in [0.2, 0.25) is 0 Å². The molecule has 0 spiro atoms. The van der Waals surface area contributed by atoms with Crippen molar-refractivity contribution < 1.29 is 14.0 Å². The number of hydrogen-bond acceptors (Lipinski definition) is 2. The van der Waals surface area contributed by atoms with E-state index in [1.165, 1.54) is 19.1 Å². The number of benzene rings is 2. The van der Waals surface area contributed by atoms with Gasteiger partial charge in [-0.3, -0.25) is 9.59 Å². The first-order chi connectivity index (χ1) is 12.4. The largest absolute Gasteiger partial charge is 0.354 e. The highest BCUT2D eigenvalue weighted by Gasteiger charge is 2.11. The summed E-state index contributed by atoms with van der Waals surface area (Å²) in [4.78, 5) is 25.9. The third-order valence-electron chi connectivity index (χ3n) is 4.24. The van der Waals surface area contributed by atoms with Gasteiger partial charge in [0.15, 0.2) is 0 Å². The number of H-pyrrole nitrogens is 1. The molecular formula is C20H20FN3O2. The van der Waals surface area contributed by atoms with Crippen LogP contribution in [0.15, 0.2) is 42.5 Å². The summed E-state index contributed by atoms with van der Waals surface area (Å²) >= 11 is 0. The average Bonchev–Trinajstić information content (AvgIpc) is 2.95. The molecule has 2 amide bonds. The maximum atomic E-state index is 13.1. The third kappa shape index (κ3) is 3.91. The second-order valence-corrected chi connectivity index (χ2v) is 6.20. The minimum absolute atomic E-state index is 0.0323. The van der Waals surface area contributed by atoms with Crippen molar-refractivity contribution in [1.82, 2.24) is 15.6 Å². The number of aromatic amines is 1. The van der Waals surface area contributed by atoms with Gasteiger partial charge in [0.1, 0.15) is 5.82 Å². The summed E-state index contributed by atoms with van der Waals surface area (Å²) in [5.74, 6) is -0.740. The van der Waals surface area contributed by atoms with E-state index in [1.54, 1.807) is 12.1 Å². The molecule has 6 heteroatoms. The summed E-state index contributed by atoms with van der Waals surface area (Å²) in [6.45, 7) is 3.73. The molecule has 0 fully saturated rings. The van der Waals surface area contributed by atoms with Crippen LogP contribution in [0.4, 0.5) is 4.39 Å². The molecule has 0 saturated carbocycles. The van der Waals surface area contributed by atoms with E-state index in [0.717, 1.165) is 33.3 Å². The molecule has 134 valence electrons. The first-order valence-electron chi connectivity index (χ1n) is 8.32. The molecule has 1 aromatic heterocycles. The molecule has 26 heavy (non-hydrogen) atoms. The Morgan fingerprint density at radius 1 is 1.08 bits per heavy atom. The predicted octanol–water partition coefficient (Wildman–Crippen LogP) is 3.03. The molecule has 0 unspecified atom stereocenters. The molecule has 0 saturated heterocycles. The Balaban J connectivity index is 1.78. The van der Waals surface area contributed by atoms with Crippen molar-refractivity contribution in [2.75, 3.05) is 6.54 Å². The van der Waals surface area contributed by atoms with Crippen LogP contribution in [-0.2, 0) is 16.1 Å². The molecule has 1 heterocycles. The molecule has 0 bridgehead atoms. The van der Waals surface area contributed by atoms with E-state index in [2.05, 4.69) is 15.6 Å². The van der Waals surface area contributed by atoms with Crippen molar-refractivity contribution in [3.8, 4) is 11.3 Å². The molecule has 2 aromatic carbocycles. The lowest BCUT2D eigenvalue weighted by atomic mass is 10.1. The molecule has 5 nitrogen and oxygen atoms in total. The maximum absolute atomic E-state index is 13.1. The Kier molecular flexibility index (Phi) is 5.02. The lowest BCUT2D eigenvalue weighted by Gasteiger charge is -2.06. The minimum atomic E-state index is -0.264. The van der Waals surface area contributed by atoms with E-state index in [0.29, 0.717) is 6.54 Å². The second kappa shape index (κ2) is 7.39. The number of halogens is 1. The Morgan fingerprint density at radius 2 is 1.81 bits per heavy atom. The van der Waals surface area contributed by atoms with Crippen molar-refractivity contribution in [3.63, 3.8) is 0 Å². The topological polar surface area (TPSA) is 74.0 Å². The smallest absolute Gasteiger partial charge is 0.239 e.